The first-order valence-corrected chi connectivity index (χ1v) is 7.17. The number of nitrogens with one attached hydrogen (secondary N) is 2. The molecule has 4 nitrogen and oxygen atoms in total. The Morgan fingerprint density at radius 3 is 3.11 bits per heavy atom. The smallest absolute Gasteiger partial charge is 0.224 e. The van der Waals surface area contributed by atoms with Gasteiger partial charge in [0, 0.05) is 17.5 Å². The van der Waals surface area contributed by atoms with Gasteiger partial charge < -0.3 is 10.6 Å². The summed E-state index contributed by atoms with van der Waals surface area (Å²) in [5, 5.41) is 6.25. The van der Waals surface area contributed by atoms with E-state index in [0.29, 0.717) is 17.4 Å². The van der Waals surface area contributed by atoms with Gasteiger partial charge in [0.15, 0.2) is 4.47 Å². The molecule has 2 heterocycles. The fourth-order valence-electron chi connectivity index (χ4n) is 2.10. The minimum atomic E-state index is 0.0718. The number of carbonyl (C=O) groups excluding carboxylic acids is 1. The molecule has 19 heavy (non-hydrogen) atoms. The second kappa shape index (κ2) is 5.19. The van der Waals surface area contributed by atoms with Crippen LogP contribution in [0.5, 0.6) is 0 Å². The highest BCUT2D eigenvalue weighted by molar-refractivity contribution is 7.15. The Hall–Kier alpha value is -1.59. The largest absolute Gasteiger partial charge is 0.378 e. The van der Waals surface area contributed by atoms with E-state index < -0.39 is 0 Å². The number of thiazole rings is 1. The van der Waals surface area contributed by atoms with Crippen LogP contribution in [0.2, 0.25) is 4.47 Å². The molecule has 6 heteroatoms. The van der Waals surface area contributed by atoms with Gasteiger partial charge >= 0.3 is 0 Å². The number of nitrogens with zero attached hydrogens (tertiary/aromatic N) is 1. The summed E-state index contributed by atoms with van der Waals surface area (Å²) in [6, 6.07) is 6.01. The summed E-state index contributed by atoms with van der Waals surface area (Å²) in [6.07, 6.45) is 3.11. The van der Waals surface area contributed by atoms with Crippen LogP contribution in [0.25, 0.3) is 0 Å². The SMILES string of the molecule is O=C1CCc2cccc(NCc3cnc(Cl)s3)c2N1. The average Bonchev–Trinajstić information content (AvgIpc) is 2.82. The Balaban J connectivity index is 1.79. The molecular weight excluding hydrogens is 282 g/mol. The van der Waals surface area contributed by atoms with Crippen LogP contribution in [-0.4, -0.2) is 10.9 Å². The Morgan fingerprint density at radius 2 is 2.32 bits per heavy atom. The molecule has 2 aromatic rings. The normalized spacial score (nSPS) is 13.8. The quantitative estimate of drug-likeness (QED) is 0.913. The van der Waals surface area contributed by atoms with Crippen molar-refractivity contribution in [2.24, 2.45) is 0 Å². The van der Waals surface area contributed by atoms with Crippen LogP contribution in [0.1, 0.15) is 16.9 Å². The van der Waals surface area contributed by atoms with E-state index in [1.807, 2.05) is 18.2 Å². The van der Waals surface area contributed by atoms with E-state index in [1.54, 1.807) is 6.20 Å². The lowest BCUT2D eigenvalue weighted by Gasteiger charge is -2.20. The lowest BCUT2D eigenvalue weighted by Crippen LogP contribution is -2.20. The molecule has 0 saturated carbocycles. The maximum Gasteiger partial charge on any atom is 0.224 e. The van der Waals surface area contributed by atoms with E-state index in [1.165, 1.54) is 16.9 Å². The number of hydrogen-bond acceptors (Lipinski definition) is 4. The van der Waals surface area contributed by atoms with Crippen molar-refractivity contribution < 1.29 is 4.79 Å². The summed E-state index contributed by atoms with van der Waals surface area (Å²) < 4.78 is 0.542. The van der Waals surface area contributed by atoms with E-state index in [9.17, 15) is 4.79 Å². The molecule has 0 fully saturated rings. The van der Waals surface area contributed by atoms with E-state index in [2.05, 4.69) is 15.6 Å². The van der Waals surface area contributed by atoms with E-state index in [4.69, 9.17) is 11.6 Å². The summed E-state index contributed by atoms with van der Waals surface area (Å²) in [7, 11) is 0. The average molecular weight is 294 g/mol. The fraction of sp³-hybridized carbons (Fsp3) is 0.231. The highest BCUT2D eigenvalue weighted by Gasteiger charge is 2.17. The Labute approximate surface area is 119 Å². The fourth-order valence-corrected chi connectivity index (χ4v) is 3.02. The monoisotopic (exact) mass is 293 g/mol. The number of hydrogen-bond donors (Lipinski definition) is 2. The molecule has 1 aliphatic heterocycles. The van der Waals surface area contributed by atoms with Crippen LogP contribution in [0.15, 0.2) is 24.4 Å². The lowest BCUT2D eigenvalue weighted by atomic mass is 10.0. The standard InChI is InChI=1S/C13H12ClN3OS/c14-13-16-7-9(19-13)6-15-10-3-1-2-8-4-5-11(18)17-12(8)10/h1-3,7,15H,4-6H2,(H,17,18). The van der Waals surface area contributed by atoms with E-state index >= 15 is 0 Å². The van der Waals surface area contributed by atoms with Gasteiger partial charge in [-0.3, -0.25) is 4.79 Å². The van der Waals surface area contributed by atoms with Gasteiger partial charge in [-0.25, -0.2) is 4.98 Å². The predicted molar refractivity (Wildman–Crippen MR) is 77.8 cm³/mol. The first-order chi connectivity index (χ1) is 9.22. The molecule has 0 spiro atoms. The molecule has 1 aliphatic rings. The zero-order chi connectivity index (χ0) is 13.2. The van der Waals surface area contributed by atoms with Crippen LogP contribution < -0.4 is 10.6 Å². The maximum absolute atomic E-state index is 11.5. The number of aryl methyl sites for hydroxylation is 1. The highest BCUT2D eigenvalue weighted by Crippen LogP contribution is 2.31. The molecule has 0 unspecified atom stereocenters. The molecule has 2 N–H and O–H groups in total. The number of para-hydroxylation sites is 1. The topological polar surface area (TPSA) is 54.0 Å². The summed E-state index contributed by atoms with van der Waals surface area (Å²) in [6.45, 7) is 0.650. The van der Waals surface area contributed by atoms with Gasteiger partial charge in [0.25, 0.3) is 0 Å². The van der Waals surface area contributed by atoms with Crippen LogP contribution in [0.4, 0.5) is 11.4 Å². The lowest BCUT2D eigenvalue weighted by molar-refractivity contribution is -0.116. The van der Waals surface area contributed by atoms with Crippen molar-refractivity contribution >= 4 is 40.2 Å². The predicted octanol–water partition coefficient (Wildman–Crippen LogP) is 3.29. The van der Waals surface area contributed by atoms with Crippen molar-refractivity contribution in [1.29, 1.82) is 0 Å². The Kier molecular flexibility index (Phi) is 3.40. The molecule has 1 aromatic carbocycles. The van der Waals surface area contributed by atoms with Gasteiger partial charge in [0.2, 0.25) is 5.91 Å². The number of halogens is 1. The number of fused-ring (bicyclic) bond motifs is 1. The maximum atomic E-state index is 11.5. The van der Waals surface area contributed by atoms with E-state index in [-0.39, 0.29) is 5.91 Å². The first kappa shape index (κ1) is 12.4. The number of aromatic nitrogens is 1. The van der Waals surface area contributed by atoms with Crippen LogP contribution in [-0.2, 0) is 17.8 Å². The molecule has 98 valence electrons. The molecule has 1 aromatic heterocycles. The minimum absolute atomic E-state index is 0.0718. The summed E-state index contributed by atoms with van der Waals surface area (Å²) in [5.74, 6) is 0.0718. The van der Waals surface area contributed by atoms with Crippen molar-refractivity contribution in [1.82, 2.24) is 4.98 Å². The van der Waals surface area contributed by atoms with Crippen molar-refractivity contribution in [3.8, 4) is 0 Å². The number of anilines is 2. The number of amides is 1. The summed E-state index contributed by atoms with van der Waals surface area (Å²) >= 11 is 7.25. The number of benzene rings is 1. The Morgan fingerprint density at radius 1 is 1.42 bits per heavy atom. The molecule has 0 radical (unpaired) electrons. The van der Waals surface area contributed by atoms with Crippen LogP contribution in [0, 0.1) is 0 Å². The number of carbonyl (C=O) groups is 1. The van der Waals surface area contributed by atoms with Gasteiger partial charge in [-0.15, -0.1) is 11.3 Å². The third-order valence-electron chi connectivity index (χ3n) is 3.01. The van der Waals surface area contributed by atoms with Crippen LogP contribution in [0.3, 0.4) is 0 Å². The van der Waals surface area contributed by atoms with Gasteiger partial charge in [-0.05, 0) is 18.1 Å². The van der Waals surface area contributed by atoms with Gasteiger partial charge in [0.05, 0.1) is 17.9 Å². The van der Waals surface area contributed by atoms with Crippen molar-refractivity contribution in [2.45, 2.75) is 19.4 Å². The van der Waals surface area contributed by atoms with Crippen molar-refractivity contribution in [3.63, 3.8) is 0 Å². The van der Waals surface area contributed by atoms with Crippen molar-refractivity contribution in [3.05, 3.63) is 39.3 Å². The summed E-state index contributed by atoms with van der Waals surface area (Å²) in [5.41, 5.74) is 3.01. The van der Waals surface area contributed by atoms with Crippen LogP contribution >= 0.6 is 22.9 Å². The molecular formula is C13H12ClN3OS. The van der Waals surface area contributed by atoms with Gasteiger partial charge in [-0.1, -0.05) is 23.7 Å². The van der Waals surface area contributed by atoms with E-state index in [0.717, 1.165) is 22.7 Å². The first-order valence-electron chi connectivity index (χ1n) is 5.98. The highest BCUT2D eigenvalue weighted by atomic mass is 35.5. The Bertz CT molecular complexity index is 626. The third kappa shape index (κ3) is 2.72. The van der Waals surface area contributed by atoms with Gasteiger partial charge in [-0.2, -0.15) is 0 Å². The molecule has 3 rings (SSSR count). The second-order valence-corrected chi connectivity index (χ2v) is 6.02. The van der Waals surface area contributed by atoms with Crippen molar-refractivity contribution in [2.75, 3.05) is 10.6 Å². The molecule has 0 atom stereocenters. The molecule has 1 amide bonds. The molecule has 0 aliphatic carbocycles. The summed E-state index contributed by atoms with van der Waals surface area (Å²) in [4.78, 5) is 16.6. The van der Waals surface area contributed by atoms with Gasteiger partial charge in [0.1, 0.15) is 0 Å². The molecule has 0 saturated heterocycles. The molecule has 0 bridgehead atoms. The number of rotatable bonds is 3. The minimum Gasteiger partial charge on any atom is -0.378 e. The zero-order valence-corrected chi connectivity index (χ0v) is 11.6. The second-order valence-electron chi connectivity index (χ2n) is 4.32. The zero-order valence-electron chi connectivity index (χ0n) is 10.1. The third-order valence-corrected chi connectivity index (χ3v) is 4.13.